The lowest BCUT2D eigenvalue weighted by Gasteiger charge is -2.09. The first-order valence-corrected chi connectivity index (χ1v) is 7.46. The Morgan fingerprint density at radius 1 is 1.62 bits per heavy atom. The van der Waals surface area contributed by atoms with Crippen molar-refractivity contribution in [3.63, 3.8) is 0 Å². The van der Waals surface area contributed by atoms with Gasteiger partial charge in [-0.25, -0.2) is 8.42 Å². The zero-order chi connectivity index (χ0) is 12.2. The van der Waals surface area contributed by atoms with Crippen LogP contribution in [0.15, 0.2) is 12.4 Å². The number of hydrogen-bond donors (Lipinski definition) is 0. The van der Waals surface area contributed by atoms with E-state index in [1.54, 1.807) is 24.0 Å². The molecule has 0 amide bonds. The fourth-order valence-electron chi connectivity index (χ4n) is 1.22. The Morgan fingerprint density at radius 3 is 2.81 bits per heavy atom. The van der Waals surface area contributed by atoms with Crippen LogP contribution < -0.4 is 4.74 Å². The number of nitrogens with zero attached hydrogens (tertiary/aromatic N) is 2. The van der Waals surface area contributed by atoms with Gasteiger partial charge < -0.3 is 4.74 Å². The minimum absolute atomic E-state index is 0.0868. The number of aromatic nitrogens is 2. The van der Waals surface area contributed by atoms with Gasteiger partial charge in [0, 0.05) is 23.1 Å². The van der Waals surface area contributed by atoms with E-state index in [-0.39, 0.29) is 11.7 Å². The zero-order valence-electron chi connectivity index (χ0n) is 9.26. The van der Waals surface area contributed by atoms with E-state index in [2.05, 4.69) is 5.10 Å². The van der Waals surface area contributed by atoms with Crippen LogP contribution in [0.3, 0.4) is 0 Å². The normalized spacial score (nSPS) is 13.7. The summed E-state index contributed by atoms with van der Waals surface area (Å²) in [5.41, 5.74) is 0. The van der Waals surface area contributed by atoms with Crippen molar-refractivity contribution < 1.29 is 13.2 Å². The third-order valence-electron chi connectivity index (χ3n) is 1.95. The van der Waals surface area contributed by atoms with Gasteiger partial charge in [0.25, 0.3) is 0 Å². The molecule has 0 aliphatic carbocycles. The first-order chi connectivity index (χ1) is 7.40. The van der Waals surface area contributed by atoms with E-state index in [9.17, 15) is 8.42 Å². The molecule has 0 saturated carbocycles. The van der Waals surface area contributed by atoms with Crippen LogP contribution in [-0.2, 0) is 15.6 Å². The van der Waals surface area contributed by atoms with Gasteiger partial charge in [-0.1, -0.05) is 6.92 Å². The summed E-state index contributed by atoms with van der Waals surface area (Å²) in [6.45, 7) is 4.82. The van der Waals surface area contributed by atoms with Crippen LogP contribution in [0.4, 0.5) is 0 Å². The second kappa shape index (κ2) is 5.54. The summed E-state index contributed by atoms with van der Waals surface area (Å²) in [5, 5.41) is 4.03. The summed E-state index contributed by atoms with van der Waals surface area (Å²) in [6, 6.07) is 0. The summed E-state index contributed by atoms with van der Waals surface area (Å²) in [5.74, 6) is 0.407. The van der Waals surface area contributed by atoms with E-state index < -0.39 is 9.05 Å². The maximum atomic E-state index is 10.8. The average molecular weight is 267 g/mol. The maximum absolute atomic E-state index is 10.8. The van der Waals surface area contributed by atoms with Gasteiger partial charge in [-0.05, 0) is 6.92 Å². The van der Waals surface area contributed by atoms with Crippen molar-refractivity contribution in [1.29, 1.82) is 0 Å². The summed E-state index contributed by atoms with van der Waals surface area (Å²) in [7, 11) is 1.68. The third kappa shape index (κ3) is 4.85. The molecule has 0 radical (unpaired) electrons. The van der Waals surface area contributed by atoms with E-state index in [1.165, 1.54) is 0 Å². The fourth-order valence-corrected chi connectivity index (χ4v) is 2.64. The molecule has 1 rings (SSSR count). The predicted molar refractivity (Wildman–Crippen MR) is 62.2 cm³/mol. The second-order valence-corrected chi connectivity index (χ2v) is 6.48. The quantitative estimate of drug-likeness (QED) is 0.732. The van der Waals surface area contributed by atoms with E-state index in [0.29, 0.717) is 12.4 Å². The number of hydrogen-bond acceptors (Lipinski definition) is 4. The third-order valence-corrected chi connectivity index (χ3v) is 3.30. The molecule has 92 valence electrons. The van der Waals surface area contributed by atoms with Crippen molar-refractivity contribution in [2.45, 2.75) is 20.4 Å². The molecule has 1 heterocycles. The smallest absolute Gasteiger partial charge is 0.232 e. The maximum Gasteiger partial charge on any atom is 0.232 e. The molecule has 16 heavy (non-hydrogen) atoms. The average Bonchev–Trinajstić information content (AvgIpc) is 2.59. The van der Waals surface area contributed by atoms with Gasteiger partial charge in [-0.15, -0.1) is 0 Å². The number of ether oxygens (including phenoxy) is 1. The number of aryl methyl sites for hydroxylation is 1. The van der Waals surface area contributed by atoms with Crippen LogP contribution in [0, 0.1) is 5.92 Å². The highest BCUT2D eigenvalue weighted by Crippen LogP contribution is 2.11. The van der Waals surface area contributed by atoms with Gasteiger partial charge >= 0.3 is 0 Å². The second-order valence-electron chi connectivity index (χ2n) is 3.65. The Kier molecular flexibility index (Phi) is 4.61. The summed E-state index contributed by atoms with van der Waals surface area (Å²) in [4.78, 5) is 0. The highest BCUT2D eigenvalue weighted by molar-refractivity contribution is 8.13. The van der Waals surface area contributed by atoms with Gasteiger partial charge in [0.15, 0.2) is 5.75 Å². The molecule has 1 aromatic heterocycles. The fraction of sp³-hybridized carbons (Fsp3) is 0.667. The molecular formula is C9H15ClN2O3S. The molecule has 0 spiro atoms. The lowest BCUT2D eigenvalue weighted by atomic mass is 10.2. The topological polar surface area (TPSA) is 61.2 Å². The zero-order valence-corrected chi connectivity index (χ0v) is 10.8. The molecule has 0 fully saturated rings. The highest BCUT2D eigenvalue weighted by Gasteiger charge is 2.13. The molecule has 0 aliphatic rings. The molecule has 1 aromatic rings. The van der Waals surface area contributed by atoms with Gasteiger partial charge in [0.1, 0.15) is 0 Å². The van der Waals surface area contributed by atoms with Gasteiger partial charge in [-0.3, -0.25) is 4.68 Å². The Balaban J connectivity index is 2.39. The monoisotopic (exact) mass is 266 g/mol. The highest BCUT2D eigenvalue weighted by atomic mass is 35.7. The first kappa shape index (κ1) is 13.3. The molecule has 1 unspecified atom stereocenters. The van der Waals surface area contributed by atoms with Crippen LogP contribution in [0.5, 0.6) is 5.75 Å². The van der Waals surface area contributed by atoms with Crippen LogP contribution in [0.25, 0.3) is 0 Å². The largest absolute Gasteiger partial charge is 0.490 e. The standard InChI is InChI=1S/C9H15ClN2O3S/c1-3-12-5-9(4-11-12)15-6-8(2)7-16(10,13)14/h4-5,8H,3,6-7H2,1-2H3. The Labute approximate surface area is 99.8 Å². The Hall–Kier alpha value is -0.750. The number of halogens is 1. The SMILES string of the molecule is CCn1cc(OCC(C)CS(=O)(=O)Cl)cn1. The van der Waals surface area contributed by atoms with Crippen molar-refractivity contribution in [1.82, 2.24) is 9.78 Å². The summed E-state index contributed by atoms with van der Waals surface area (Å²) in [6.07, 6.45) is 3.37. The van der Waals surface area contributed by atoms with Crippen LogP contribution >= 0.6 is 10.7 Å². The van der Waals surface area contributed by atoms with E-state index in [1.807, 2.05) is 6.92 Å². The molecule has 0 aliphatic heterocycles. The van der Waals surface area contributed by atoms with Crippen molar-refractivity contribution >= 4 is 19.7 Å². The van der Waals surface area contributed by atoms with E-state index in [4.69, 9.17) is 15.4 Å². The van der Waals surface area contributed by atoms with Crippen LogP contribution in [0.1, 0.15) is 13.8 Å². The van der Waals surface area contributed by atoms with Gasteiger partial charge in [0.2, 0.25) is 9.05 Å². The van der Waals surface area contributed by atoms with Crippen molar-refractivity contribution in [2.24, 2.45) is 5.92 Å². The lowest BCUT2D eigenvalue weighted by Crippen LogP contribution is -2.16. The molecule has 1 atom stereocenters. The molecule has 7 heteroatoms. The van der Waals surface area contributed by atoms with Gasteiger partial charge in [0.05, 0.1) is 24.8 Å². The molecule has 0 bridgehead atoms. The minimum atomic E-state index is -3.46. The van der Waals surface area contributed by atoms with Crippen LogP contribution in [-0.4, -0.2) is 30.6 Å². The number of rotatable bonds is 6. The van der Waals surface area contributed by atoms with E-state index in [0.717, 1.165) is 6.54 Å². The van der Waals surface area contributed by atoms with Gasteiger partial charge in [-0.2, -0.15) is 5.10 Å². The molecule has 0 aromatic carbocycles. The lowest BCUT2D eigenvalue weighted by molar-refractivity contribution is 0.272. The summed E-state index contributed by atoms with van der Waals surface area (Å²) < 4.78 is 28.7. The Bertz CT molecular complexity index is 430. The first-order valence-electron chi connectivity index (χ1n) is 4.98. The molecular weight excluding hydrogens is 252 g/mol. The van der Waals surface area contributed by atoms with Crippen molar-refractivity contribution in [3.05, 3.63) is 12.4 Å². The summed E-state index contributed by atoms with van der Waals surface area (Å²) >= 11 is 0. The van der Waals surface area contributed by atoms with E-state index >= 15 is 0 Å². The Morgan fingerprint density at radius 2 is 2.31 bits per heavy atom. The minimum Gasteiger partial charge on any atom is -0.490 e. The van der Waals surface area contributed by atoms with Crippen molar-refractivity contribution in [3.8, 4) is 5.75 Å². The van der Waals surface area contributed by atoms with Crippen LogP contribution in [0.2, 0.25) is 0 Å². The molecule has 0 N–H and O–H groups in total. The molecule has 5 nitrogen and oxygen atoms in total. The molecule has 0 saturated heterocycles. The predicted octanol–water partition coefficient (Wildman–Crippen LogP) is 1.49. The van der Waals surface area contributed by atoms with Crippen molar-refractivity contribution in [2.75, 3.05) is 12.4 Å².